The van der Waals surface area contributed by atoms with Crippen LogP contribution in [0.2, 0.25) is 5.02 Å². The van der Waals surface area contributed by atoms with Crippen LogP contribution in [0.15, 0.2) is 45.9 Å². The summed E-state index contributed by atoms with van der Waals surface area (Å²) in [5, 5.41) is 0.535. The molecule has 1 aliphatic heterocycles. The maximum Gasteiger partial charge on any atom is 0.289 e. The lowest BCUT2D eigenvalue weighted by Crippen LogP contribution is -2.37. The van der Waals surface area contributed by atoms with Gasteiger partial charge in [-0.1, -0.05) is 23.7 Å². The molecular weight excluding hydrogens is 350 g/mol. The zero-order valence-corrected chi connectivity index (χ0v) is 14.8. The quantitative estimate of drug-likeness (QED) is 0.834. The molecule has 3 rings (SSSR count). The maximum absolute atomic E-state index is 12.4. The Morgan fingerprint density at radius 2 is 1.75 bits per heavy atom. The third kappa shape index (κ3) is 3.65. The Balaban J connectivity index is 1.65. The Hall–Kier alpha value is -1.79. The molecule has 0 atom stereocenters. The molecular formula is C17H18ClNO4S. The van der Waals surface area contributed by atoms with Crippen molar-refractivity contribution in [3.8, 4) is 0 Å². The highest BCUT2D eigenvalue weighted by Crippen LogP contribution is 2.29. The number of likely N-dealkylation sites (tertiary alicyclic amines) is 1. The molecule has 7 heteroatoms. The highest BCUT2D eigenvalue weighted by molar-refractivity contribution is 7.90. The van der Waals surface area contributed by atoms with E-state index in [0.717, 1.165) is 19.1 Å². The number of hydrogen-bond acceptors (Lipinski definition) is 4. The SMILES string of the molecule is CS(=O)(=O)c1ccc(C(=O)N2CCC(c3ccc(Cl)cc3)CC2)o1. The van der Waals surface area contributed by atoms with E-state index in [-0.39, 0.29) is 16.8 Å². The summed E-state index contributed by atoms with van der Waals surface area (Å²) in [4.78, 5) is 14.2. The zero-order valence-electron chi connectivity index (χ0n) is 13.2. The summed E-state index contributed by atoms with van der Waals surface area (Å²) in [6.45, 7) is 1.22. The summed E-state index contributed by atoms with van der Waals surface area (Å²) in [5.74, 6) is 0.203. The van der Waals surface area contributed by atoms with Gasteiger partial charge in [0.05, 0.1) is 0 Å². The molecule has 0 unspecified atom stereocenters. The van der Waals surface area contributed by atoms with Crippen LogP contribution >= 0.6 is 11.6 Å². The Bertz CT molecular complexity index is 834. The number of carbonyl (C=O) groups excluding carboxylic acids is 1. The third-order valence-electron chi connectivity index (χ3n) is 4.28. The first-order valence-electron chi connectivity index (χ1n) is 7.69. The van der Waals surface area contributed by atoms with Crippen molar-refractivity contribution >= 4 is 27.3 Å². The molecule has 0 N–H and O–H groups in total. The van der Waals surface area contributed by atoms with Gasteiger partial charge in [0.15, 0.2) is 5.76 Å². The maximum atomic E-state index is 12.4. The molecule has 1 aromatic carbocycles. The fourth-order valence-electron chi connectivity index (χ4n) is 2.94. The number of amides is 1. The van der Waals surface area contributed by atoms with E-state index in [1.54, 1.807) is 4.90 Å². The monoisotopic (exact) mass is 367 g/mol. The molecule has 0 aliphatic carbocycles. The average molecular weight is 368 g/mol. The van der Waals surface area contributed by atoms with Crippen LogP contribution in [0.1, 0.15) is 34.9 Å². The molecule has 1 aliphatic rings. The van der Waals surface area contributed by atoms with E-state index >= 15 is 0 Å². The number of sulfone groups is 1. The van der Waals surface area contributed by atoms with E-state index in [4.69, 9.17) is 16.0 Å². The van der Waals surface area contributed by atoms with Crippen LogP contribution in [0, 0.1) is 0 Å². The molecule has 5 nitrogen and oxygen atoms in total. The minimum Gasteiger partial charge on any atom is -0.440 e. The van der Waals surface area contributed by atoms with Gasteiger partial charge >= 0.3 is 0 Å². The second-order valence-electron chi connectivity index (χ2n) is 6.01. The molecule has 1 aromatic heterocycles. The van der Waals surface area contributed by atoms with E-state index in [1.807, 2.05) is 24.3 Å². The lowest BCUT2D eigenvalue weighted by molar-refractivity contribution is 0.0675. The third-order valence-corrected chi connectivity index (χ3v) is 5.48. The van der Waals surface area contributed by atoms with Crippen LogP contribution in [0.4, 0.5) is 0 Å². The van der Waals surface area contributed by atoms with Crippen molar-refractivity contribution in [1.29, 1.82) is 0 Å². The Morgan fingerprint density at radius 3 is 2.29 bits per heavy atom. The normalized spacial score (nSPS) is 16.3. The summed E-state index contributed by atoms with van der Waals surface area (Å²) < 4.78 is 28.1. The predicted octanol–water partition coefficient (Wildman–Crippen LogP) is 3.36. The Labute approximate surface area is 146 Å². The predicted molar refractivity (Wildman–Crippen MR) is 91.1 cm³/mol. The van der Waals surface area contributed by atoms with Crippen molar-refractivity contribution in [3.05, 3.63) is 52.7 Å². The Morgan fingerprint density at radius 1 is 1.12 bits per heavy atom. The fraction of sp³-hybridized carbons (Fsp3) is 0.353. The van der Waals surface area contributed by atoms with Gasteiger partial charge in [-0.15, -0.1) is 0 Å². The van der Waals surface area contributed by atoms with Gasteiger partial charge in [-0.2, -0.15) is 0 Å². The number of rotatable bonds is 3. The number of benzene rings is 1. The molecule has 24 heavy (non-hydrogen) atoms. The second-order valence-corrected chi connectivity index (χ2v) is 8.39. The average Bonchev–Trinajstić information content (AvgIpc) is 3.05. The molecule has 0 spiro atoms. The molecule has 1 saturated heterocycles. The van der Waals surface area contributed by atoms with Crippen LogP contribution < -0.4 is 0 Å². The first-order valence-corrected chi connectivity index (χ1v) is 9.96. The minimum absolute atomic E-state index is 0.0698. The standard InChI is InChI=1S/C17H18ClNO4S/c1-24(21,22)16-7-6-15(23-16)17(20)19-10-8-13(9-11-19)12-2-4-14(18)5-3-12/h2-7,13H,8-11H2,1H3. The highest BCUT2D eigenvalue weighted by Gasteiger charge is 2.27. The van der Waals surface area contributed by atoms with Crippen molar-refractivity contribution in [1.82, 2.24) is 4.90 Å². The van der Waals surface area contributed by atoms with Crippen molar-refractivity contribution in [2.75, 3.05) is 19.3 Å². The molecule has 1 fully saturated rings. The summed E-state index contributed by atoms with van der Waals surface area (Å²) >= 11 is 5.91. The minimum atomic E-state index is -3.44. The summed E-state index contributed by atoms with van der Waals surface area (Å²) in [7, 11) is -3.44. The van der Waals surface area contributed by atoms with Crippen LogP contribution in [0.25, 0.3) is 0 Å². The van der Waals surface area contributed by atoms with Crippen LogP contribution in [-0.2, 0) is 9.84 Å². The number of nitrogens with zero attached hydrogens (tertiary/aromatic N) is 1. The van der Waals surface area contributed by atoms with Crippen LogP contribution in [0.5, 0.6) is 0 Å². The molecule has 0 radical (unpaired) electrons. The van der Waals surface area contributed by atoms with Crippen molar-refractivity contribution in [3.63, 3.8) is 0 Å². The number of furan rings is 1. The molecule has 2 heterocycles. The smallest absolute Gasteiger partial charge is 0.289 e. The highest BCUT2D eigenvalue weighted by atomic mass is 35.5. The van der Waals surface area contributed by atoms with Gasteiger partial charge in [0.25, 0.3) is 5.91 Å². The molecule has 2 aromatic rings. The number of carbonyl (C=O) groups is 1. The van der Waals surface area contributed by atoms with Crippen LogP contribution in [-0.4, -0.2) is 38.6 Å². The van der Waals surface area contributed by atoms with Crippen LogP contribution in [0.3, 0.4) is 0 Å². The van der Waals surface area contributed by atoms with E-state index in [0.29, 0.717) is 24.0 Å². The van der Waals surface area contributed by atoms with Gasteiger partial charge in [-0.25, -0.2) is 8.42 Å². The number of piperidine rings is 1. The topological polar surface area (TPSA) is 67.6 Å². The van der Waals surface area contributed by atoms with Gasteiger partial charge < -0.3 is 9.32 Å². The summed E-state index contributed by atoms with van der Waals surface area (Å²) in [5.41, 5.74) is 1.23. The van der Waals surface area contributed by atoms with Gasteiger partial charge in [0.2, 0.25) is 14.9 Å². The second kappa shape index (κ2) is 6.61. The molecule has 0 saturated carbocycles. The van der Waals surface area contributed by atoms with E-state index in [1.165, 1.54) is 17.7 Å². The molecule has 1 amide bonds. The van der Waals surface area contributed by atoms with Gasteiger partial charge in [-0.05, 0) is 48.6 Å². The number of halogens is 1. The molecule has 0 bridgehead atoms. The lowest BCUT2D eigenvalue weighted by Gasteiger charge is -2.31. The molecule has 128 valence electrons. The van der Waals surface area contributed by atoms with Crippen molar-refractivity contribution < 1.29 is 17.6 Å². The fourth-order valence-corrected chi connectivity index (χ4v) is 3.62. The lowest BCUT2D eigenvalue weighted by atomic mass is 9.89. The Kier molecular flexibility index (Phi) is 4.69. The first kappa shape index (κ1) is 17.0. The largest absolute Gasteiger partial charge is 0.440 e. The van der Waals surface area contributed by atoms with Gasteiger partial charge in [0.1, 0.15) is 0 Å². The van der Waals surface area contributed by atoms with Gasteiger partial charge in [-0.3, -0.25) is 4.79 Å². The summed E-state index contributed by atoms with van der Waals surface area (Å²) in [6.07, 6.45) is 2.76. The first-order chi connectivity index (χ1) is 11.3. The zero-order chi connectivity index (χ0) is 17.3. The van der Waals surface area contributed by atoms with Crippen molar-refractivity contribution in [2.24, 2.45) is 0 Å². The van der Waals surface area contributed by atoms with Gasteiger partial charge in [0, 0.05) is 24.4 Å². The van der Waals surface area contributed by atoms with Crippen molar-refractivity contribution in [2.45, 2.75) is 23.9 Å². The number of hydrogen-bond donors (Lipinski definition) is 0. The van der Waals surface area contributed by atoms with E-state index < -0.39 is 9.84 Å². The van der Waals surface area contributed by atoms with E-state index in [2.05, 4.69) is 0 Å². The summed E-state index contributed by atoms with van der Waals surface area (Å²) in [6, 6.07) is 10.5. The van der Waals surface area contributed by atoms with E-state index in [9.17, 15) is 13.2 Å².